The number of hydrogen-bond donors (Lipinski definition) is 10. The van der Waals surface area contributed by atoms with Gasteiger partial charge in [-0.15, -0.1) is 0 Å². The molecule has 0 bridgehead atoms. The summed E-state index contributed by atoms with van der Waals surface area (Å²) in [5.41, 5.74) is 21.8. The third-order valence-corrected chi connectivity index (χ3v) is 5.43. The molecular formula is C22H40N8O9. The Morgan fingerprint density at radius 3 is 1.64 bits per heavy atom. The number of aliphatic carboxylic acids is 3. The van der Waals surface area contributed by atoms with Crippen molar-refractivity contribution in [1.82, 2.24) is 16.0 Å². The lowest BCUT2D eigenvalue weighted by Gasteiger charge is -2.25. The molecule has 0 fully saturated rings. The monoisotopic (exact) mass is 560 g/mol. The van der Waals surface area contributed by atoms with E-state index >= 15 is 0 Å². The van der Waals surface area contributed by atoms with Gasteiger partial charge in [0.25, 0.3) is 0 Å². The van der Waals surface area contributed by atoms with Crippen LogP contribution in [0.3, 0.4) is 0 Å². The summed E-state index contributed by atoms with van der Waals surface area (Å²) < 4.78 is 0. The van der Waals surface area contributed by atoms with Crippen molar-refractivity contribution in [1.29, 1.82) is 0 Å². The second kappa shape index (κ2) is 19.1. The first-order valence-electron chi connectivity index (χ1n) is 12.4. The van der Waals surface area contributed by atoms with Gasteiger partial charge >= 0.3 is 17.9 Å². The van der Waals surface area contributed by atoms with E-state index in [1.54, 1.807) is 0 Å². The lowest BCUT2D eigenvalue weighted by atomic mass is 10.0. The van der Waals surface area contributed by atoms with E-state index in [4.69, 9.17) is 33.1 Å². The van der Waals surface area contributed by atoms with Crippen LogP contribution >= 0.6 is 0 Å². The van der Waals surface area contributed by atoms with Crippen molar-refractivity contribution in [3.8, 4) is 0 Å². The molecule has 0 aliphatic rings. The standard InChI is InChI=1S/C22H40N8O9/c23-10-2-1-4-12(24)18(35)28-14(6-8-16(31)32)20(37)29-13(5-3-11-27-22(25)26)19(36)30-15(21(38)39)7-9-17(33)34/h12-15H,1-11,23-24H2,(H,28,35)(H,29,37)(H,30,36)(H,31,32)(H,33,34)(H,38,39)(H4,25,26,27). The van der Waals surface area contributed by atoms with Crippen LogP contribution in [0, 0.1) is 0 Å². The number of nitrogens with one attached hydrogen (secondary N) is 3. The lowest BCUT2D eigenvalue weighted by molar-refractivity contribution is -0.143. The summed E-state index contributed by atoms with van der Waals surface area (Å²) in [4.78, 5) is 75.7. The Bertz CT molecular complexity index is 880. The molecule has 17 heteroatoms. The summed E-state index contributed by atoms with van der Waals surface area (Å²) in [7, 11) is 0. The van der Waals surface area contributed by atoms with E-state index in [1.807, 2.05) is 0 Å². The van der Waals surface area contributed by atoms with Gasteiger partial charge in [0.05, 0.1) is 6.04 Å². The van der Waals surface area contributed by atoms with Crippen LogP contribution in [0.1, 0.15) is 57.8 Å². The van der Waals surface area contributed by atoms with Crippen LogP contribution in [-0.4, -0.2) is 94.2 Å². The first-order valence-corrected chi connectivity index (χ1v) is 12.4. The zero-order valence-electron chi connectivity index (χ0n) is 21.6. The topological polar surface area (TPSA) is 316 Å². The zero-order chi connectivity index (χ0) is 30.0. The zero-order valence-corrected chi connectivity index (χ0v) is 21.6. The molecule has 4 unspecified atom stereocenters. The third-order valence-electron chi connectivity index (χ3n) is 5.43. The fraction of sp³-hybridized carbons (Fsp3) is 0.682. The van der Waals surface area contributed by atoms with Crippen molar-refractivity contribution < 1.29 is 44.1 Å². The summed E-state index contributed by atoms with van der Waals surface area (Å²) in [5.74, 6) is -6.74. The summed E-state index contributed by atoms with van der Waals surface area (Å²) in [6.07, 6.45) is -0.193. The molecule has 0 aliphatic carbocycles. The maximum atomic E-state index is 13.0. The Morgan fingerprint density at radius 1 is 0.667 bits per heavy atom. The van der Waals surface area contributed by atoms with Crippen molar-refractivity contribution in [3.63, 3.8) is 0 Å². The van der Waals surface area contributed by atoms with Crippen molar-refractivity contribution >= 4 is 41.6 Å². The smallest absolute Gasteiger partial charge is 0.326 e. The van der Waals surface area contributed by atoms with Gasteiger partial charge in [-0.25, -0.2) is 4.79 Å². The number of guanidine groups is 1. The molecule has 0 radical (unpaired) electrons. The molecule has 39 heavy (non-hydrogen) atoms. The van der Waals surface area contributed by atoms with E-state index in [0.29, 0.717) is 19.4 Å². The first kappa shape index (κ1) is 35.0. The maximum absolute atomic E-state index is 13.0. The number of nitrogens with two attached hydrogens (primary N) is 4. The number of amides is 3. The van der Waals surface area contributed by atoms with E-state index in [9.17, 15) is 33.9 Å². The highest BCUT2D eigenvalue weighted by Crippen LogP contribution is 2.07. The third kappa shape index (κ3) is 16.5. The summed E-state index contributed by atoms with van der Waals surface area (Å²) in [5, 5.41) is 34.2. The van der Waals surface area contributed by atoms with E-state index < -0.39 is 79.1 Å². The summed E-state index contributed by atoms with van der Waals surface area (Å²) in [6, 6.07) is -5.26. The van der Waals surface area contributed by atoms with Crippen molar-refractivity contribution in [2.75, 3.05) is 13.1 Å². The van der Waals surface area contributed by atoms with E-state index in [-0.39, 0.29) is 38.2 Å². The fourth-order valence-electron chi connectivity index (χ4n) is 3.30. The van der Waals surface area contributed by atoms with Gasteiger partial charge in [0, 0.05) is 19.4 Å². The fourth-order valence-corrected chi connectivity index (χ4v) is 3.30. The Hall–Kier alpha value is -3.99. The summed E-state index contributed by atoms with van der Waals surface area (Å²) >= 11 is 0. The molecule has 0 spiro atoms. The number of aliphatic imine (C=N–C) groups is 1. The molecule has 0 aromatic heterocycles. The highest BCUT2D eigenvalue weighted by Gasteiger charge is 2.30. The van der Waals surface area contributed by atoms with Crippen molar-refractivity contribution in [2.24, 2.45) is 27.9 Å². The molecule has 222 valence electrons. The molecule has 3 amide bonds. The molecule has 0 aliphatic heterocycles. The SMILES string of the molecule is NCCCCC(N)C(=O)NC(CCC(=O)O)C(=O)NC(CCCN=C(N)N)C(=O)NC(CCC(=O)O)C(=O)O. The molecule has 0 aromatic carbocycles. The molecule has 0 aromatic rings. The van der Waals surface area contributed by atoms with Crippen LogP contribution in [-0.2, 0) is 28.8 Å². The molecule has 17 nitrogen and oxygen atoms in total. The molecule has 0 saturated carbocycles. The molecular weight excluding hydrogens is 520 g/mol. The van der Waals surface area contributed by atoms with Crippen LogP contribution < -0.4 is 38.9 Å². The number of carboxylic acid groups (broad SMARTS) is 3. The molecule has 0 saturated heterocycles. The van der Waals surface area contributed by atoms with Crippen molar-refractivity contribution in [2.45, 2.75) is 82.0 Å². The molecule has 0 heterocycles. The number of unbranched alkanes of at least 4 members (excludes halogenated alkanes) is 1. The van der Waals surface area contributed by atoms with Crippen LogP contribution in [0.25, 0.3) is 0 Å². The minimum absolute atomic E-state index is 0.0696. The Balaban J connectivity index is 5.67. The second-order valence-corrected chi connectivity index (χ2v) is 8.73. The molecule has 0 rings (SSSR count). The van der Waals surface area contributed by atoms with Crippen LogP contribution in [0.15, 0.2) is 4.99 Å². The van der Waals surface area contributed by atoms with Gasteiger partial charge in [0.1, 0.15) is 18.1 Å². The van der Waals surface area contributed by atoms with Crippen LogP contribution in [0.2, 0.25) is 0 Å². The van der Waals surface area contributed by atoms with Gasteiger partial charge in [0.15, 0.2) is 5.96 Å². The highest BCUT2D eigenvalue weighted by atomic mass is 16.4. The number of carboxylic acids is 3. The Morgan fingerprint density at radius 2 is 1.15 bits per heavy atom. The number of carbonyl (C=O) groups is 6. The van der Waals surface area contributed by atoms with E-state index in [2.05, 4.69) is 20.9 Å². The number of hydrogen-bond acceptors (Lipinski definition) is 9. The largest absolute Gasteiger partial charge is 0.481 e. The average Bonchev–Trinajstić information content (AvgIpc) is 2.84. The summed E-state index contributed by atoms with van der Waals surface area (Å²) in [6.45, 7) is 0.476. The Labute approximate surface area is 225 Å². The van der Waals surface area contributed by atoms with Gasteiger partial charge in [-0.2, -0.15) is 0 Å². The predicted octanol–water partition coefficient (Wildman–Crippen LogP) is -3.24. The lowest BCUT2D eigenvalue weighted by Crippen LogP contribution is -2.57. The van der Waals surface area contributed by atoms with E-state index in [1.165, 1.54) is 0 Å². The number of rotatable bonds is 21. The van der Waals surface area contributed by atoms with Gasteiger partial charge in [0.2, 0.25) is 17.7 Å². The minimum Gasteiger partial charge on any atom is -0.481 e. The second-order valence-electron chi connectivity index (χ2n) is 8.73. The molecule has 4 atom stereocenters. The Kier molecular flexibility index (Phi) is 17.2. The average molecular weight is 561 g/mol. The number of carbonyl (C=O) groups excluding carboxylic acids is 3. The minimum atomic E-state index is -1.56. The number of nitrogens with zero attached hydrogens (tertiary/aromatic N) is 1. The normalized spacial score (nSPS) is 13.7. The van der Waals surface area contributed by atoms with E-state index in [0.717, 1.165) is 0 Å². The highest BCUT2D eigenvalue weighted by molar-refractivity contribution is 5.94. The molecule has 14 N–H and O–H groups in total. The first-order chi connectivity index (χ1) is 18.3. The van der Waals surface area contributed by atoms with Crippen LogP contribution in [0.4, 0.5) is 0 Å². The maximum Gasteiger partial charge on any atom is 0.326 e. The predicted molar refractivity (Wildman–Crippen MR) is 138 cm³/mol. The van der Waals surface area contributed by atoms with Gasteiger partial charge in [-0.1, -0.05) is 6.42 Å². The van der Waals surface area contributed by atoms with Gasteiger partial charge < -0.3 is 54.2 Å². The van der Waals surface area contributed by atoms with Gasteiger partial charge in [-0.3, -0.25) is 29.0 Å². The van der Waals surface area contributed by atoms with Gasteiger partial charge in [-0.05, 0) is 45.1 Å². The van der Waals surface area contributed by atoms with Crippen LogP contribution in [0.5, 0.6) is 0 Å². The van der Waals surface area contributed by atoms with Crippen molar-refractivity contribution in [3.05, 3.63) is 0 Å². The quantitative estimate of drug-likeness (QED) is 0.0375.